The molecule has 0 rings (SSSR count). The third-order valence-corrected chi connectivity index (χ3v) is 3.36. The molecule has 0 aliphatic heterocycles. The van der Waals surface area contributed by atoms with E-state index in [1.165, 1.54) is 25.7 Å². The van der Waals surface area contributed by atoms with Crippen LogP contribution in [0.2, 0.25) is 0 Å². The molecule has 0 saturated carbocycles. The van der Waals surface area contributed by atoms with Gasteiger partial charge >= 0.3 is 0 Å². The van der Waals surface area contributed by atoms with E-state index in [0.29, 0.717) is 12.8 Å². The van der Waals surface area contributed by atoms with Crippen LogP contribution in [0.5, 0.6) is 0 Å². The van der Waals surface area contributed by atoms with E-state index in [9.17, 15) is 4.79 Å². The lowest BCUT2D eigenvalue weighted by Gasteiger charge is -2.25. The molecule has 0 aliphatic carbocycles. The maximum Gasteiger partial charge on any atom is 0.195 e. The fourth-order valence-corrected chi connectivity index (χ4v) is 1.78. The number of carbonyl (C=O) groups is 1. The highest BCUT2D eigenvalue weighted by Crippen LogP contribution is 2.17. The highest BCUT2D eigenvalue weighted by Gasteiger charge is 2.22. The van der Waals surface area contributed by atoms with Gasteiger partial charge in [-0.3, -0.25) is 4.79 Å². The quantitative estimate of drug-likeness (QED) is 0.218. The molecule has 20 heavy (non-hydrogen) atoms. The number of carbonyl (C=O) groups excluding carboxylic acids is 1. The second kappa shape index (κ2) is 11.2. The average Bonchev–Trinajstić information content (AvgIpc) is 2.44. The standard InChI is InChI=1S/C16H32O4/c1-6-8-9-10-11-12-15(13-14(17)7-2)19-20-16(3,4)18-5/h15H,6-13H2,1-5H3/t15-/m1/s1. The first-order chi connectivity index (χ1) is 9.45. The number of rotatable bonds is 13. The zero-order valence-corrected chi connectivity index (χ0v) is 13.9. The number of unbranched alkanes of at least 4 members (excludes halogenated alkanes) is 4. The average molecular weight is 288 g/mol. The van der Waals surface area contributed by atoms with Crippen LogP contribution in [0.25, 0.3) is 0 Å². The highest BCUT2D eigenvalue weighted by molar-refractivity contribution is 5.78. The molecular formula is C16H32O4. The van der Waals surface area contributed by atoms with Crippen LogP contribution in [0.1, 0.15) is 79.1 Å². The lowest BCUT2D eigenvalue weighted by molar-refractivity contribution is -0.430. The summed E-state index contributed by atoms with van der Waals surface area (Å²) in [5, 5.41) is 0. The van der Waals surface area contributed by atoms with E-state index >= 15 is 0 Å². The zero-order valence-electron chi connectivity index (χ0n) is 13.9. The van der Waals surface area contributed by atoms with Gasteiger partial charge in [0.15, 0.2) is 5.79 Å². The normalized spacial score (nSPS) is 13.4. The van der Waals surface area contributed by atoms with E-state index in [1.807, 2.05) is 6.92 Å². The minimum Gasteiger partial charge on any atom is -0.351 e. The number of hydrogen-bond donors (Lipinski definition) is 0. The predicted octanol–water partition coefficient (Wildman–Crippen LogP) is 4.42. The third-order valence-electron chi connectivity index (χ3n) is 3.36. The molecule has 0 aromatic carbocycles. The van der Waals surface area contributed by atoms with Crippen LogP contribution >= 0.6 is 0 Å². The fourth-order valence-electron chi connectivity index (χ4n) is 1.78. The highest BCUT2D eigenvalue weighted by atomic mass is 17.2. The van der Waals surface area contributed by atoms with Crippen molar-refractivity contribution in [3.63, 3.8) is 0 Å². The zero-order chi connectivity index (χ0) is 15.4. The summed E-state index contributed by atoms with van der Waals surface area (Å²) < 4.78 is 5.14. The van der Waals surface area contributed by atoms with Gasteiger partial charge in [-0.15, -0.1) is 0 Å². The first-order valence-corrected chi connectivity index (χ1v) is 7.86. The summed E-state index contributed by atoms with van der Waals surface area (Å²) in [6, 6.07) is 0. The summed E-state index contributed by atoms with van der Waals surface area (Å²) in [4.78, 5) is 22.3. The van der Waals surface area contributed by atoms with Crippen LogP contribution in [0.4, 0.5) is 0 Å². The molecule has 4 nitrogen and oxygen atoms in total. The molecule has 0 aromatic rings. The van der Waals surface area contributed by atoms with Crippen molar-refractivity contribution in [1.82, 2.24) is 0 Å². The minimum absolute atomic E-state index is 0.168. The lowest BCUT2D eigenvalue weighted by atomic mass is 10.0. The van der Waals surface area contributed by atoms with Crippen molar-refractivity contribution in [3.8, 4) is 0 Å². The van der Waals surface area contributed by atoms with Crippen molar-refractivity contribution in [2.24, 2.45) is 0 Å². The van der Waals surface area contributed by atoms with Gasteiger partial charge < -0.3 is 4.74 Å². The smallest absolute Gasteiger partial charge is 0.195 e. The summed E-state index contributed by atoms with van der Waals surface area (Å²) in [5.74, 6) is -0.571. The van der Waals surface area contributed by atoms with Gasteiger partial charge in [0, 0.05) is 20.0 Å². The van der Waals surface area contributed by atoms with Gasteiger partial charge in [0.05, 0.1) is 6.10 Å². The molecule has 0 bridgehead atoms. The summed E-state index contributed by atoms with van der Waals surface area (Å²) in [7, 11) is 1.57. The molecule has 0 radical (unpaired) electrons. The van der Waals surface area contributed by atoms with Crippen LogP contribution in [-0.4, -0.2) is 24.8 Å². The Bertz CT molecular complexity index is 251. The third kappa shape index (κ3) is 10.4. The van der Waals surface area contributed by atoms with E-state index < -0.39 is 5.79 Å². The van der Waals surface area contributed by atoms with Gasteiger partial charge in [0.1, 0.15) is 5.78 Å². The lowest BCUT2D eigenvalue weighted by Crippen LogP contribution is -2.30. The molecule has 0 saturated heterocycles. The minimum atomic E-state index is -0.782. The number of methoxy groups -OCH3 is 1. The monoisotopic (exact) mass is 288 g/mol. The van der Waals surface area contributed by atoms with Gasteiger partial charge in [-0.1, -0.05) is 46.0 Å². The second-order valence-electron chi connectivity index (χ2n) is 5.70. The Balaban J connectivity index is 4.10. The second-order valence-corrected chi connectivity index (χ2v) is 5.70. The van der Waals surface area contributed by atoms with E-state index in [4.69, 9.17) is 14.5 Å². The van der Waals surface area contributed by atoms with Crippen molar-refractivity contribution < 1.29 is 19.3 Å². The van der Waals surface area contributed by atoms with E-state index in [0.717, 1.165) is 12.8 Å². The Kier molecular flexibility index (Phi) is 11.0. The Morgan fingerprint density at radius 1 is 1.10 bits per heavy atom. The number of ether oxygens (including phenoxy) is 1. The van der Waals surface area contributed by atoms with Crippen molar-refractivity contribution in [2.45, 2.75) is 91.0 Å². The van der Waals surface area contributed by atoms with Crippen molar-refractivity contribution >= 4 is 5.78 Å². The van der Waals surface area contributed by atoms with E-state index in [2.05, 4.69) is 6.92 Å². The van der Waals surface area contributed by atoms with Crippen molar-refractivity contribution in [3.05, 3.63) is 0 Å². The van der Waals surface area contributed by atoms with Gasteiger partial charge in [0.25, 0.3) is 0 Å². The molecule has 0 unspecified atom stereocenters. The van der Waals surface area contributed by atoms with Gasteiger partial charge in [-0.2, -0.15) is 0 Å². The molecule has 4 heteroatoms. The van der Waals surface area contributed by atoms with Crippen molar-refractivity contribution in [1.29, 1.82) is 0 Å². The van der Waals surface area contributed by atoms with Crippen LogP contribution in [0.15, 0.2) is 0 Å². The maximum absolute atomic E-state index is 11.6. The Morgan fingerprint density at radius 2 is 1.75 bits per heavy atom. The number of Topliss-reactive ketones (excluding diaryl/α,β-unsaturated/α-hetero) is 1. The number of ketones is 1. The molecule has 0 heterocycles. The van der Waals surface area contributed by atoms with Gasteiger partial charge in [-0.25, -0.2) is 9.78 Å². The fraction of sp³-hybridized carbons (Fsp3) is 0.938. The Morgan fingerprint density at radius 3 is 2.30 bits per heavy atom. The molecule has 0 N–H and O–H groups in total. The number of hydrogen-bond acceptors (Lipinski definition) is 4. The van der Waals surface area contributed by atoms with Crippen LogP contribution in [0.3, 0.4) is 0 Å². The summed E-state index contributed by atoms with van der Waals surface area (Å²) in [5.41, 5.74) is 0. The SMILES string of the molecule is CCCCCCC[C@H](CC(=O)CC)OOC(C)(C)OC. The molecule has 0 amide bonds. The Hall–Kier alpha value is -0.450. The largest absolute Gasteiger partial charge is 0.351 e. The summed E-state index contributed by atoms with van der Waals surface area (Å²) in [6.45, 7) is 7.65. The van der Waals surface area contributed by atoms with Crippen LogP contribution < -0.4 is 0 Å². The topological polar surface area (TPSA) is 44.8 Å². The van der Waals surface area contributed by atoms with Crippen LogP contribution in [0, 0.1) is 0 Å². The van der Waals surface area contributed by atoms with E-state index in [-0.39, 0.29) is 11.9 Å². The maximum atomic E-state index is 11.6. The van der Waals surface area contributed by atoms with Gasteiger partial charge in [0.2, 0.25) is 0 Å². The van der Waals surface area contributed by atoms with Crippen molar-refractivity contribution in [2.75, 3.05) is 7.11 Å². The summed E-state index contributed by atoms with van der Waals surface area (Å²) >= 11 is 0. The molecular weight excluding hydrogens is 256 g/mol. The molecule has 1 atom stereocenters. The first-order valence-electron chi connectivity index (χ1n) is 7.86. The van der Waals surface area contributed by atoms with E-state index in [1.54, 1.807) is 21.0 Å². The Labute approximate surface area is 124 Å². The molecule has 0 spiro atoms. The summed E-state index contributed by atoms with van der Waals surface area (Å²) in [6.07, 6.45) is 7.66. The van der Waals surface area contributed by atoms with Crippen LogP contribution in [-0.2, 0) is 19.3 Å². The van der Waals surface area contributed by atoms with Gasteiger partial charge in [-0.05, 0) is 20.3 Å². The molecule has 0 aliphatic rings. The molecule has 0 fully saturated rings. The predicted molar refractivity (Wildman–Crippen MR) is 80.3 cm³/mol. The first kappa shape index (κ1) is 19.6. The molecule has 0 aromatic heterocycles. The molecule has 120 valence electrons.